The van der Waals surface area contributed by atoms with E-state index < -0.39 is 46.2 Å². The molecule has 0 aliphatic rings. The van der Waals surface area contributed by atoms with Crippen molar-refractivity contribution < 1.29 is 38.1 Å². The molecule has 0 atom stereocenters. The van der Waals surface area contributed by atoms with E-state index >= 15 is 0 Å². The van der Waals surface area contributed by atoms with Crippen LogP contribution < -0.4 is 10.6 Å². The smallest absolute Gasteiger partial charge is 0.346 e. The Morgan fingerprint density at radius 2 is 1.10 bits per heavy atom. The third-order valence-electron chi connectivity index (χ3n) is 6.23. The van der Waals surface area contributed by atoms with E-state index in [0.29, 0.717) is 15.6 Å². The minimum atomic E-state index is -1.52. The summed E-state index contributed by atoms with van der Waals surface area (Å²) >= 11 is 12.3. The van der Waals surface area contributed by atoms with Gasteiger partial charge >= 0.3 is 23.9 Å². The first-order valence-corrected chi connectivity index (χ1v) is 16.1. The van der Waals surface area contributed by atoms with Crippen molar-refractivity contribution >= 4 is 58.2 Å². The summed E-state index contributed by atoms with van der Waals surface area (Å²) in [6, 6.07) is 12.5. The molecule has 0 spiro atoms. The van der Waals surface area contributed by atoms with Gasteiger partial charge in [-0.2, -0.15) is 0 Å². The summed E-state index contributed by atoms with van der Waals surface area (Å²) in [4.78, 5) is 54.0. The number of esters is 4. The maximum Gasteiger partial charge on any atom is 0.346 e. The molecule has 0 heterocycles. The zero-order valence-corrected chi connectivity index (χ0v) is 30.9. The average molecular weight is 706 g/mol. The van der Waals surface area contributed by atoms with Crippen LogP contribution in [0.2, 0.25) is 10.0 Å². The second-order valence-corrected chi connectivity index (χ2v) is 14.8. The first-order chi connectivity index (χ1) is 22.0. The molecule has 0 aromatic heterocycles. The van der Waals surface area contributed by atoms with Crippen LogP contribution in [0.25, 0.3) is 11.1 Å². The van der Waals surface area contributed by atoms with Gasteiger partial charge in [0.1, 0.15) is 27.9 Å². The van der Waals surface area contributed by atoms with E-state index in [2.05, 4.69) is 10.6 Å². The Balaban J connectivity index is 2.78. The predicted molar refractivity (Wildman–Crippen MR) is 187 cm³/mol. The Morgan fingerprint density at radius 3 is 1.54 bits per heavy atom. The van der Waals surface area contributed by atoms with Crippen LogP contribution in [0.15, 0.2) is 60.6 Å². The van der Waals surface area contributed by atoms with Crippen molar-refractivity contribution in [3.63, 3.8) is 0 Å². The highest BCUT2D eigenvalue weighted by Crippen LogP contribution is 2.28. The van der Waals surface area contributed by atoms with Crippen LogP contribution in [0.4, 0.5) is 0 Å². The van der Waals surface area contributed by atoms with Crippen LogP contribution in [-0.2, 0) is 38.1 Å². The van der Waals surface area contributed by atoms with Crippen molar-refractivity contribution in [3.8, 4) is 0 Å². The van der Waals surface area contributed by atoms with Gasteiger partial charge in [-0.25, -0.2) is 19.2 Å². The average Bonchev–Trinajstić information content (AvgIpc) is 2.93. The molecule has 2 aromatic carbocycles. The molecule has 2 aromatic rings. The van der Waals surface area contributed by atoms with Crippen LogP contribution in [0.3, 0.4) is 0 Å². The van der Waals surface area contributed by atoms with Gasteiger partial charge in [0.2, 0.25) is 5.88 Å². The van der Waals surface area contributed by atoms with Gasteiger partial charge in [-0.15, -0.1) is 0 Å². The molecule has 10 nitrogen and oxygen atoms in total. The van der Waals surface area contributed by atoms with Crippen molar-refractivity contribution in [1.82, 2.24) is 10.6 Å². The minimum absolute atomic E-state index is 0.00615. The summed E-state index contributed by atoms with van der Waals surface area (Å²) in [6.45, 7) is 18.2. The lowest BCUT2D eigenvalue weighted by molar-refractivity contribution is -0.162. The molecule has 0 bridgehead atoms. The summed E-state index contributed by atoms with van der Waals surface area (Å²) in [7, 11) is 0. The van der Waals surface area contributed by atoms with E-state index in [1.165, 1.54) is 20.0 Å². The highest BCUT2D eigenvalue weighted by atomic mass is 35.5. The predicted octanol–water partition coefficient (Wildman–Crippen LogP) is 7.23. The van der Waals surface area contributed by atoms with Crippen molar-refractivity contribution in [3.05, 3.63) is 81.8 Å². The molecule has 0 fully saturated rings. The van der Waals surface area contributed by atoms with Gasteiger partial charge in [0, 0.05) is 16.2 Å². The number of benzene rings is 2. The molecular weight excluding hydrogens is 659 g/mol. The highest BCUT2D eigenvalue weighted by molar-refractivity contribution is 6.31. The van der Waals surface area contributed by atoms with Crippen LogP contribution in [0.5, 0.6) is 0 Å². The third kappa shape index (κ3) is 12.2. The summed E-state index contributed by atoms with van der Waals surface area (Å²) in [5, 5.41) is 6.70. The second-order valence-electron chi connectivity index (χ2n) is 13.9. The Kier molecular flexibility index (Phi) is 13.3. The van der Waals surface area contributed by atoms with Gasteiger partial charge < -0.3 is 29.6 Å². The summed E-state index contributed by atoms with van der Waals surface area (Å²) in [6.07, 6.45) is 1.32. The quantitative estimate of drug-likeness (QED) is 0.101. The Labute approximate surface area is 293 Å². The number of nitrogens with one attached hydrogen (secondary N) is 2. The summed E-state index contributed by atoms with van der Waals surface area (Å²) < 4.78 is 22.5. The SMILES string of the molecule is CCOC(=O)/C(=C(\NC(C)(C)C(=O)OC(C)(C)C)OC(=O)/C(=C/NC(C)(C)C(=O)OC(C)(C)C)c1ccc(Cl)cc1)c1ccc(Cl)cc1. The number of rotatable bonds is 12. The molecule has 0 aliphatic carbocycles. The molecule has 0 unspecified atom stereocenters. The van der Waals surface area contributed by atoms with Gasteiger partial charge in [0.15, 0.2) is 0 Å². The molecule has 48 heavy (non-hydrogen) atoms. The fourth-order valence-corrected chi connectivity index (χ4v) is 4.05. The van der Waals surface area contributed by atoms with E-state index in [1.807, 2.05) is 0 Å². The van der Waals surface area contributed by atoms with Gasteiger partial charge in [0.05, 0.1) is 12.2 Å². The third-order valence-corrected chi connectivity index (χ3v) is 6.74. The van der Waals surface area contributed by atoms with Crippen molar-refractivity contribution in [2.45, 2.75) is 98.4 Å². The van der Waals surface area contributed by atoms with Gasteiger partial charge in [-0.05, 0) is 112 Å². The Hall–Kier alpha value is -4.02. The van der Waals surface area contributed by atoms with E-state index in [0.717, 1.165) is 0 Å². The zero-order chi connectivity index (χ0) is 36.7. The summed E-state index contributed by atoms with van der Waals surface area (Å²) in [5.41, 5.74) is -3.97. The molecule has 0 saturated carbocycles. The van der Waals surface area contributed by atoms with E-state index in [4.69, 9.17) is 42.1 Å². The normalized spacial score (nSPS) is 13.1. The molecule has 0 amide bonds. The van der Waals surface area contributed by atoms with Crippen LogP contribution in [0, 0.1) is 0 Å². The monoisotopic (exact) mass is 704 g/mol. The maximum atomic E-state index is 14.2. The molecule has 0 radical (unpaired) electrons. The fraction of sp³-hybridized carbons (Fsp3) is 0.444. The lowest BCUT2D eigenvalue weighted by atomic mass is 10.0. The number of ether oxygens (including phenoxy) is 4. The maximum absolute atomic E-state index is 14.2. The van der Waals surface area contributed by atoms with Gasteiger partial charge in [-0.1, -0.05) is 47.5 Å². The van der Waals surface area contributed by atoms with Crippen LogP contribution in [-0.4, -0.2) is 52.8 Å². The van der Waals surface area contributed by atoms with Crippen molar-refractivity contribution in [2.24, 2.45) is 0 Å². The van der Waals surface area contributed by atoms with E-state index in [-0.39, 0.29) is 29.2 Å². The summed E-state index contributed by atoms with van der Waals surface area (Å²) in [5.74, 6) is -3.43. The molecule has 262 valence electrons. The first kappa shape index (κ1) is 40.2. The van der Waals surface area contributed by atoms with Crippen LogP contribution >= 0.6 is 23.2 Å². The standard InChI is InChI=1S/C36H46Cl2N2O8/c1-12-45-30(42)27(23-15-19-25(38)20-16-23)28(40-36(10,11)32(44)48-34(5,6)7)46-29(41)26(22-13-17-24(37)18-14-22)21-39-35(8,9)31(43)47-33(2,3)4/h13-21,39-40H,12H2,1-11H3/b26-21+,28-27+. The number of carbonyl (C=O) groups is 4. The molecule has 12 heteroatoms. The number of halogens is 2. The number of carbonyl (C=O) groups excluding carboxylic acids is 4. The Morgan fingerprint density at radius 1 is 0.667 bits per heavy atom. The second kappa shape index (κ2) is 15.9. The first-order valence-electron chi connectivity index (χ1n) is 15.3. The molecule has 2 N–H and O–H groups in total. The van der Waals surface area contributed by atoms with Crippen LogP contribution in [0.1, 0.15) is 87.3 Å². The topological polar surface area (TPSA) is 129 Å². The number of hydrogen-bond donors (Lipinski definition) is 2. The Bertz CT molecular complexity index is 1550. The highest BCUT2D eigenvalue weighted by Gasteiger charge is 2.37. The van der Waals surface area contributed by atoms with Crippen molar-refractivity contribution in [1.29, 1.82) is 0 Å². The molecule has 0 aliphatic heterocycles. The fourth-order valence-electron chi connectivity index (χ4n) is 3.80. The van der Waals surface area contributed by atoms with E-state index in [1.54, 1.807) is 111 Å². The molecule has 0 saturated heterocycles. The van der Waals surface area contributed by atoms with E-state index in [9.17, 15) is 19.2 Å². The molecule has 2 rings (SSSR count). The van der Waals surface area contributed by atoms with Gasteiger partial charge in [-0.3, -0.25) is 0 Å². The molecular formula is C36H46Cl2N2O8. The number of hydrogen-bond acceptors (Lipinski definition) is 10. The minimum Gasteiger partial charge on any atom is -0.462 e. The largest absolute Gasteiger partial charge is 0.462 e. The zero-order valence-electron chi connectivity index (χ0n) is 29.4. The lowest BCUT2D eigenvalue weighted by Crippen LogP contribution is -2.50. The van der Waals surface area contributed by atoms with Crippen molar-refractivity contribution in [2.75, 3.05) is 6.61 Å². The lowest BCUT2D eigenvalue weighted by Gasteiger charge is -2.31. The van der Waals surface area contributed by atoms with Gasteiger partial charge in [0.25, 0.3) is 0 Å².